The number of rotatable bonds is 3. The molecule has 142 valence electrons. The Bertz CT molecular complexity index is 984. The van der Waals surface area contributed by atoms with Crippen LogP contribution in [0, 0.1) is 6.92 Å². The fourth-order valence-electron chi connectivity index (χ4n) is 3.35. The SMILES string of the molecule is Cc1ccccc1-c1ccc(N2CCN(C(=O)c3cncc(Br)c3)CC2)nn1. The second-order valence-corrected chi connectivity index (χ2v) is 7.68. The van der Waals surface area contributed by atoms with Gasteiger partial charge in [0.25, 0.3) is 5.91 Å². The molecule has 0 radical (unpaired) electrons. The number of amides is 1. The van der Waals surface area contributed by atoms with Crippen molar-refractivity contribution in [2.75, 3.05) is 31.1 Å². The van der Waals surface area contributed by atoms with Crippen LogP contribution in [0.2, 0.25) is 0 Å². The topological polar surface area (TPSA) is 62.2 Å². The summed E-state index contributed by atoms with van der Waals surface area (Å²) in [5.74, 6) is 0.850. The van der Waals surface area contributed by atoms with Gasteiger partial charge in [-0.1, -0.05) is 24.3 Å². The summed E-state index contributed by atoms with van der Waals surface area (Å²) in [7, 11) is 0. The summed E-state index contributed by atoms with van der Waals surface area (Å²) >= 11 is 3.36. The molecule has 0 bridgehead atoms. The van der Waals surface area contributed by atoms with E-state index in [0.717, 1.165) is 34.6 Å². The van der Waals surface area contributed by atoms with Gasteiger partial charge in [0.1, 0.15) is 0 Å². The molecule has 0 saturated carbocycles. The van der Waals surface area contributed by atoms with Crippen LogP contribution < -0.4 is 4.90 Å². The standard InChI is InChI=1S/C21H20BrN5O/c1-15-4-2-3-5-18(15)19-6-7-20(25-24-19)26-8-10-27(11-9-26)21(28)16-12-17(22)14-23-13-16/h2-7,12-14H,8-11H2,1H3. The zero-order chi connectivity index (χ0) is 19.5. The summed E-state index contributed by atoms with van der Waals surface area (Å²) in [4.78, 5) is 20.7. The Morgan fingerprint density at radius 1 is 1.00 bits per heavy atom. The van der Waals surface area contributed by atoms with E-state index in [1.165, 1.54) is 5.56 Å². The molecule has 1 aromatic carbocycles. The molecule has 3 aromatic rings. The predicted molar refractivity (Wildman–Crippen MR) is 112 cm³/mol. The molecule has 0 aliphatic carbocycles. The van der Waals surface area contributed by atoms with Gasteiger partial charge in [0.05, 0.1) is 11.3 Å². The van der Waals surface area contributed by atoms with E-state index in [1.807, 2.05) is 29.2 Å². The normalized spacial score (nSPS) is 14.2. The van der Waals surface area contributed by atoms with Crippen molar-refractivity contribution >= 4 is 27.7 Å². The molecular weight excluding hydrogens is 418 g/mol. The molecule has 6 nitrogen and oxygen atoms in total. The van der Waals surface area contributed by atoms with E-state index in [0.29, 0.717) is 18.7 Å². The third-order valence-electron chi connectivity index (χ3n) is 4.91. The fraction of sp³-hybridized carbons (Fsp3) is 0.238. The Hall–Kier alpha value is -2.80. The number of pyridine rings is 1. The van der Waals surface area contributed by atoms with Crippen LogP contribution in [0.1, 0.15) is 15.9 Å². The molecule has 7 heteroatoms. The molecule has 1 saturated heterocycles. The Kier molecular flexibility index (Phi) is 5.34. The van der Waals surface area contributed by atoms with Gasteiger partial charge in [0.2, 0.25) is 0 Å². The molecule has 1 aliphatic heterocycles. The quantitative estimate of drug-likeness (QED) is 0.626. The largest absolute Gasteiger partial charge is 0.352 e. The van der Waals surface area contributed by atoms with Gasteiger partial charge >= 0.3 is 0 Å². The van der Waals surface area contributed by atoms with Gasteiger partial charge in [-0.15, -0.1) is 10.2 Å². The van der Waals surface area contributed by atoms with Crippen LogP contribution in [-0.2, 0) is 0 Å². The molecule has 3 heterocycles. The maximum Gasteiger partial charge on any atom is 0.255 e. The number of hydrogen-bond acceptors (Lipinski definition) is 5. The van der Waals surface area contributed by atoms with Crippen LogP contribution in [0.25, 0.3) is 11.3 Å². The number of halogens is 1. The first-order valence-electron chi connectivity index (χ1n) is 9.16. The number of carbonyl (C=O) groups is 1. The number of hydrogen-bond donors (Lipinski definition) is 0. The van der Waals surface area contributed by atoms with E-state index in [4.69, 9.17) is 0 Å². The van der Waals surface area contributed by atoms with E-state index < -0.39 is 0 Å². The van der Waals surface area contributed by atoms with Gasteiger partial charge in [-0.25, -0.2) is 0 Å². The van der Waals surface area contributed by atoms with Gasteiger partial charge in [-0.3, -0.25) is 9.78 Å². The molecule has 0 atom stereocenters. The molecule has 4 rings (SSSR count). The first-order chi connectivity index (χ1) is 13.6. The lowest BCUT2D eigenvalue weighted by Crippen LogP contribution is -2.49. The monoisotopic (exact) mass is 437 g/mol. The number of aromatic nitrogens is 3. The summed E-state index contributed by atoms with van der Waals surface area (Å²) in [5, 5.41) is 8.83. The Labute approximate surface area is 172 Å². The van der Waals surface area contributed by atoms with Gasteiger partial charge in [0, 0.05) is 48.6 Å². The van der Waals surface area contributed by atoms with Crippen molar-refractivity contribution in [3.8, 4) is 11.3 Å². The maximum atomic E-state index is 12.6. The van der Waals surface area contributed by atoms with Crippen LogP contribution in [-0.4, -0.2) is 52.2 Å². The molecule has 0 N–H and O–H groups in total. The molecule has 0 spiro atoms. The highest BCUT2D eigenvalue weighted by Gasteiger charge is 2.23. The highest BCUT2D eigenvalue weighted by atomic mass is 79.9. The minimum atomic E-state index is 0.00874. The predicted octanol–water partition coefficient (Wildman–Crippen LogP) is 3.57. The number of carbonyl (C=O) groups excluding carboxylic acids is 1. The van der Waals surface area contributed by atoms with E-state index in [1.54, 1.807) is 18.5 Å². The Morgan fingerprint density at radius 2 is 1.79 bits per heavy atom. The number of nitrogens with zero attached hydrogens (tertiary/aromatic N) is 5. The summed E-state index contributed by atoms with van der Waals surface area (Å²) < 4.78 is 0.806. The van der Waals surface area contributed by atoms with Gasteiger partial charge in [0.15, 0.2) is 5.82 Å². The smallest absolute Gasteiger partial charge is 0.255 e. The third-order valence-corrected chi connectivity index (χ3v) is 5.35. The second kappa shape index (κ2) is 8.06. The first-order valence-corrected chi connectivity index (χ1v) is 9.95. The average molecular weight is 438 g/mol. The third kappa shape index (κ3) is 3.89. The van der Waals surface area contributed by atoms with Crippen molar-refractivity contribution < 1.29 is 4.79 Å². The van der Waals surface area contributed by atoms with E-state index in [2.05, 4.69) is 55.1 Å². The molecule has 28 heavy (non-hydrogen) atoms. The number of piperazine rings is 1. The van der Waals surface area contributed by atoms with Crippen molar-refractivity contribution in [2.45, 2.75) is 6.92 Å². The summed E-state index contributed by atoms with van der Waals surface area (Å²) in [6, 6.07) is 14.0. The van der Waals surface area contributed by atoms with Crippen molar-refractivity contribution in [2.24, 2.45) is 0 Å². The Balaban J connectivity index is 1.41. The minimum Gasteiger partial charge on any atom is -0.352 e. The first kappa shape index (κ1) is 18.6. The summed E-state index contributed by atoms with van der Waals surface area (Å²) in [6.07, 6.45) is 3.28. The number of anilines is 1. The van der Waals surface area contributed by atoms with Crippen molar-refractivity contribution in [3.63, 3.8) is 0 Å². The zero-order valence-electron chi connectivity index (χ0n) is 15.5. The van der Waals surface area contributed by atoms with Crippen molar-refractivity contribution in [1.29, 1.82) is 0 Å². The van der Waals surface area contributed by atoms with Crippen LogP contribution in [0.5, 0.6) is 0 Å². The lowest BCUT2D eigenvalue weighted by molar-refractivity contribution is 0.0746. The average Bonchev–Trinajstić information content (AvgIpc) is 2.74. The van der Waals surface area contributed by atoms with Crippen LogP contribution in [0.3, 0.4) is 0 Å². The fourth-order valence-corrected chi connectivity index (χ4v) is 3.71. The number of benzene rings is 1. The lowest BCUT2D eigenvalue weighted by atomic mass is 10.1. The van der Waals surface area contributed by atoms with Crippen molar-refractivity contribution in [3.05, 3.63) is 70.5 Å². The van der Waals surface area contributed by atoms with Crippen LogP contribution >= 0.6 is 15.9 Å². The van der Waals surface area contributed by atoms with Gasteiger partial charge < -0.3 is 9.80 Å². The highest BCUT2D eigenvalue weighted by molar-refractivity contribution is 9.10. The second-order valence-electron chi connectivity index (χ2n) is 6.76. The summed E-state index contributed by atoms with van der Waals surface area (Å²) in [6.45, 7) is 4.82. The highest BCUT2D eigenvalue weighted by Crippen LogP contribution is 2.22. The van der Waals surface area contributed by atoms with Crippen LogP contribution in [0.15, 0.2) is 59.3 Å². The molecular formula is C21H20BrN5O. The lowest BCUT2D eigenvalue weighted by Gasteiger charge is -2.35. The summed E-state index contributed by atoms with van der Waals surface area (Å²) in [5.41, 5.74) is 3.75. The molecule has 1 aliphatic rings. The van der Waals surface area contributed by atoms with E-state index >= 15 is 0 Å². The minimum absolute atomic E-state index is 0.00874. The zero-order valence-corrected chi connectivity index (χ0v) is 17.1. The van der Waals surface area contributed by atoms with Crippen molar-refractivity contribution in [1.82, 2.24) is 20.1 Å². The molecule has 1 fully saturated rings. The van der Waals surface area contributed by atoms with Gasteiger partial charge in [-0.05, 0) is 46.6 Å². The van der Waals surface area contributed by atoms with E-state index in [-0.39, 0.29) is 5.91 Å². The molecule has 2 aromatic heterocycles. The Morgan fingerprint density at radius 3 is 2.46 bits per heavy atom. The number of aryl methyl sites for hydroxylation is 1. The van der Waals surface area contributed by atoms with E-state index in [9.17, 15) is 4.79 Å². The van der Waals surface area contributed by atoms with Gasteiger partial charge in [-0.2, -0.15) is 0 Å². The van der Waals surface area contributed by atoms with Crippen LogP contribution in [0.4, 0.5) is 5.82 Å². The molecule has 1 amide bonds. The molecule has 0 unspecified atom stereocenters. The maximum absolute atomic E-state index is 12.6.